The molecular formula is C15H19N3O. The molecule has 0 amide bonds. The molecule has 0 bridgehead atoms. The maximum Gasteiger partial charge on any atom is 0.224 e. The Kier molecular flexibility index (Phi) is 3.60. The zero-order valence-corrected chi connectivity index (χ0v) is 11.0. The maximum absolute atomic E-state index is 5.80. The number of benzene rings is 1. The second-order valence-corrected chi connectivity index (χ2v) is 5.07. The first kappa shape index (κ1) is 12.4. The molecule has 19 heavy (non-hydrogen) atoms. The van der Waals surface area contributed by atoms with Gasteiger partial charge in [-0.05, 0) is 43.4 Å². The Labute approximate surface area is 113 Å². The second kappa shape index (κ2) is 5.53. The Morgan fingerprint density at radius 1 is 1.26 bits per heavy atom. The Morgan fingerprint density at radius 3 is 3.05 bits per heavy atom. The Hall–Kier alpha value is -1.68. The number of fused-ring (bicyclic) bond motifs is 1. The van der Waals surface area contributed by atoms with Crippen LogP contribution in [0.4, 0.5) is 0 Å². The van der Waals surface area contributed by atoms with Crippen molar-refractivity contribution in [2.75, 3.05) is 6.54 Å². The molecule has 1 aliphatic rings. The molecule has 1 aliphatic carbocycles. The van der Waals surface area contributed by atoms with Crippen molar-refractivity contribution in [2.24, 2.45) is 5.73 Å². The standard InChI is InChI=1S/C15H19N3O/c16-10-4-9-14-17-18-15(19-14)13-8-3-6-11-5-1-2-7-12(11)13/h1-2,5,7,13H,3-4,6,8-10,16H2. The van der Waals surface area contributed by atoms with Crippen LogP contribution in [0.25, 0.3) is 0 Å². The lowest BCUT2D eigenvalue weighted by molar-refractivity contribution is 0.411. The highest BCUT2D eigenvalue weighted by molar-refractivity contribution is 5.35. The van der Waals surface area contributed by atoms with Gasteiger partial charge in [-0.15, -0.1) is 10.2 Å². The molecule has 4 nitrogen and oxygen atoms in total. The summed E-state index contributed by atoms with van der Waals surface area (Å²) in [5.41, 5.74) is 8.27. The van der Waals surface area contributed by atoms with E-state index in [2.05, 4.69) is 34.5 Å². The van der Waals surface area contributed by atoms with Gasteiger partial charge in [0.1, 0.15) is 0 Å². The van der Waals surface area contributed by atoms with Crippen molar-refractivity contribution < 1.29 is 4.42 Å². The van der Waals surface area contributed by atoms with Crippen molar-refractivity contribution in [1.29, 1.82) is 0 Å². The summed E-state index contributed by atoms with van der Waals surface area (Å²) >= 11 is 0. The second-order valence-electron chi connectivity index (χ2n) is 5.07. The molecular weight excluding hydrogens is 238 g/mol. The van der Waals surface area contributed by atoms with E-state index in [-0.39, 0.29) is 5.92 Å². The van der Waals surface area contributed by atoms with Gasteiger partial charge in [-0.25, -0.2) is 0 Å². The van der Waals surface area contributed by atoms with Crippen LogP contribution >= 0.6 is 0 Å². The lowest BCUT2D eigenvalue weighted by Crippen LogP contribution is -2.11. The van der Waals surface area contributed by atoms with Crippen LogP contribution in [0.5, 0.6) is 0 Å². The van der Waals surface area contributed by atoms with Crippen molar-refractivity contribution in [1.82, 2.24) is 10.2 Å². The SMILES string of the molecule is NCCCc1nnc(C2CCCc3ccccc32)o1. The summed E-state index contributed by atoms with van der Waals surface area (Å²) in [6.07, 6.45) is 5.10. The number of hydrogen-bond donors (Lipinski definition) is 1. The van der Waals surface area contributed by atoms with Gasteiger partial charge in [-0.1, -0.05) is 24.3 Å². The molecule has 1 heterocycles. The van der Waals surface area contributed by atoms with Crippen molar-refractivity contribution >= 4 is 0 Å². The largest absolute Gasteiger partial charge is 0.425 e. The summed E-state index contributed by atoms with van der Waals surface area (Å²) in [6, 6.07) is 8.57. The summed E-state index contributed by atoms with van der Waals surface area (Å²) in [4.78, 5) is 0. The lowest BCUT2D eigenvalue weighted by atomic mass is 9.83. The third kappa shape index (κ3) is 2.54. The van der Waals surface area contributed by atoms with E-state index < -0.39 is 0 Å². The van der Waals surface area contributed by atoms with Crippen molar-refractivity contribution in [2.45, 2.75) is 38.0 Å². The molecule has 1 unspecified atom stereocenters. The van der Waals surface area contributed by atoms with Crippen LogP contribution in [-0.2, 0) is 12.8 Å². The molecule has 4 heteroatoms. The number of rotatable bonds is 4. The van der Waals surface area contributed by atoms with Crippen LogP contribution in [-0.4, -0.2) is 16.7 Å². The van der Waals surface area contributed by atoms with E-state index in [1.54, 1.807) is 0 Å². The quantitative estimate of drug-likeness (QED) is 0.913. The van der Waals surface area contributed by atoms with Crippen LogP contribution in [0.3, 0.4) is 0 Å². The molecule has 1 aromatic carbocycles. The van der Waals surface area contributed by atoms with Crippen molar-refractivity contribution in [3.05, 3.63) is 47.2 Å². The van der Waals surface area contributed by atoms with Gasteiger partial charge in [0.05, 0.1) is 5.92 Å². The molecule has 0 aliphatic heterocycles. The van der Waals surface area contributed by atoms with Gasteiger partial charge in [0, 0.05) is 6.42 Å². The smallest absolute Gasteiger partial charge is 0.224 e. The summed E-state index contributed by atoms with van der Waals surface area (Å²) < 4.78 is 5.80. The summed E-state index contributed by atoms with van der Waals surface area (Å²) in [5.74, 6) is 1.74. The summed E-state index contributed by atoms with van der Waals surface area (Å²) in [5, 5.41) is 8.36. The van der Waals surface area contributed by atoms with Gasteiger partial charge in [-0.2, -0.15) is 0 Å². The first-order valence-electron chi connectivity index (χ1n) is 6.98. The lowest BCUT2D eigenvalue weighted by Gasteiger charge is -2.22. The molecule has 3 rings (SSSR count). The molecule has 0 spiro atoms. The molecule has 0 saturated carbocycles. The maximum atomic E-state index is 5.80. The number of hydrogen-bond acceptors (Lipinski definition) is 4. The van der Waals surface area contributed by atoms with Crippen LogP contribution in [0.2, 0.25) is 0 Å². The van der Waals surface area contributed by atoms with E-state index in [9.17, 15) is 0 Å². The number of nitrogens with two attached hydrogens (primary N) is 1. The predicted octanol–water partition coefficient (Wildman–Crippen LogP) is 2.43. The molecule has 0 saturated heterocycles. The topological polar surface area (TPSA) is 64.9 Å². The van der Waals surface area contributed by atoms with Crippen molar-refractivity contribution in [3.63, 3.8) is 0 Å². The van der Waals surface area contributed by atoms with Gasteiger partial charge >= 0.3 is 0 Å². The minimum Gasteiger partial charge on any atom is -0.425 e. The van der Waals surface area contributed by atoms with E-state index in [1.807, 2.05) is 0 Å². The molecule has 2 aromatic rings. The Balaban J connectivity index is 1.85. The number of aromatic nitrogens is 2. The summed E-state index contributed by atoms with van der Waals surface area (Å²) in [7, 11) is 0. The monoisotopic (exact) mass is 257 g/mol. The fourth-order valence-electron chi connectivity index (χ4n) is 2.77. The van der Waals surface area contributed by atoms with E-state index in [0.717, 1.165) is 31.6 Å². The van der Waals surface area contributed by atoms with Crippen molar-refractivity contribution in [3.8, 4) is 0 Å². The molecule has 1 atom stereocenters. The first-order valence-corrected chi connectivity index (χ1v) is 6.98. The van der Waals surface area contributed by atoms with Gasteiger partial charge in [0.2, 0.25) is 11.8 Å². The van der Waals surface area contributed by atoms with Crippen LogP contribution in [0.1, 0.15) is 48.1 Å². The average molecular weight is 257 g/mol. The number of nitrogens with zero attached hydrogens (tertiary/aromatic N) is 2. The summed E-state index contributed by atoms with van der Waals surface area (Å²) in [6.45, 7) is 0.657. The predicted molar refractivity (Wildman–Crippen MR) is 72.9 cm³/mol. The van der Waals surface area contributed by atoms with Crippen LogP contribution in [0, 0.1) is 0 Å². The zero-order chi connectivity index (χ0) is 13.1. The third-order valence-corrected chi connectivity index (χ3v) is 3.74. The highest BCUT2D eigenvalue weighted by atomic mass is 16.4. The minimum absolute atomic E-state index is 0.268. The highest BCUT2D eigenvalue weighted by Crippen LogP contribution is 2.35. The molecule has 2 N–H and O–H groups in total. The van der Waals surface area contributed by atoms with Gasteiger partial charge < -0.3 is 10.2 Å². The van der Waals surface area contributed by atoms with E-state index in [1.165, 1.54) is 17.5 Å². The molecule has 0 radical (unpaired) electrons. The van der Waals surface area contributed by atoms with Gasteiger partial charge in [0.25, 0.3) is 0 Å². The normalized spacial score (nSPS) is 18.3. The Morgan fingerprint density at radius 2 is 2.16 bits per heavy atom. The molecule has 0 fully saturated rings. The van der Waals surface area contributed by atoms with Gasteiger partial charge in [-0.3, -0.25) is 0 Å². The fourth-order valence-corrected chi connectivity index (χ4v) is 2.77. The van der Waals surface area contributed by atoms with Crippen LogP contribution < -0.4 is 5.73 Å². The third-order valence-electron chi connectivity index (χ3n) is 3.74. The highest BCUT2D eigenvalue weighted by Gasteiger charge is 2.25. The average Bonchev–Trinajstić information content (AvgIpc) is 2.93. The van der Waals surface area contributed by atoms with Crippen LogP contribution in [0.15, 0.2) is 28.7 Å². The fraction of sp³-hybridized carbons (Fsp3) is 0.467. The zero-order valence-electron chi connectivity index (χ0n) is 11.0. The molecule has 1 aromatic heterocycles. The number of aryl methyl sites for hydroxylation is 2. The van der Waals surface area contributed by atoms with E-state index >= 15 is 0 Å². The Bertz CT molecular complexity index is 550. The van der Waals surface area contributed by atoms with E-state index in [4.69, 9.17) is 10.2 Å². The van der Waals surface area contributed by atoms with E-state index in [0.29, 0.717) is 12.4 Å². The first-order chi connectivity index (χ1) is 9.38. The molecule has 100 valence electrons. The minimum atomic E-state index is 0.268. The van der Waals surface area contributed by atoms with Gasteiger partial charge in [0.15, 0.2) is 0 Å².